The summed E-state index contributed by atoms with van der Waals surface area (Å²) in [5, 5.41) is 3.42. The van der Waals surface area contributed by atoms with Crippen molar-refractivity contribution in [2.75, 3.05) is 13.1 Å². The number of carbonyl (C=O) groups is 1. The molecule has 0 saturated heterocycles. The van der Waals surface area contributed by atoms with E-state index in [1.165, 1.54) is 17.5 Å². The number of nitrogens with one attached hydrogen (secondary N) is 1. The van der Waals surface area contributed by atoms with Gasteiger partial charge in [-0.3, -0.25) is 4.79 Å². The van der Waals surface area contributed by atoms with Gasteiger partial charge in [-0.05, 0) is 56.0 Å². The fourth-order valence-corrected chi connectivity index (χ4v) is 2.40. The number of carbonyl (C=O) groups excluding carboxylic acids is 1. The van der Waals surface area contributed by atoms with Crippen molar-refractivity contribution in [2.45, 2.75) is 39.0 Å². The topological polar surface area (TPSA) is 29.1 Å². The highest BCUT2D eigenvalue weighted by Gasteiger charge is 2.10. The van der Waals surface area contributed by atoms with Crippen molar-refractivity contribution in [1.82, 2.24) is 5.32 Å². The zero-order valence-corrected chi connectivity index (χ0v) is 10.6. The highest BCUT2D eigenvalue weighted by Crippen LogP contribution is 2.17. The molecule has 1 N–H and O–H groups in total. The minimum atomic E-state index is 0.283. The van der Waals surface area contributed by atoms with Gasteiger partial charge in [-0.15, -0.1) is 0 Å². The lowest BCUT2D eigenvalue weighted by molar-refractivity contribution is 0.0981. The first-order valence-corrected chi connectivity index (χ1v) is 6.67. The summed E-state index contributed by atoms with van der Waals surface area (Å²) in [6.07, 6.45) is 4.96. The van der Waals surface area contributed by atoms with Gasteiger partial charge in [0.05, 0.1) is 0 Å². The number of hydrogen-bond acceptors (Lipinski definition) is 2. The summed E-state index contributed by atoms with van der Waals surface area (Å²) in [4.78, 5) is 11.9. The molecule has 2 nitrogen and oxygen atoms in total. The van der Waals surface area contributed by atoms with Crippen LogP contribution in [0.5, 0.6) is 0 Å². The molecule has 1 aromatic rings. The third-order valence-electron chi connectivity index (χ3n) is 3.38. The van der Waals surface area contributed by atoms with Gasteiger partial charge < -0.3 is 5.32 Å². The van der Waals surface area contributed by atoms with Crippen LogP contribution in [-0.4, -0.2) is 18.9 Å². The minimum absolute atomic E-state index is 0.283. The molecule has 1 aliphatic heterocycles. The Morgan fingerprint density at radius 2 is 2.12 bits per heavy atom. The predicted molar refractivity (Wildman–Crippen MR) is 70.6 cm³/mol. The lowest BCUT2D eigenvalue weighted by atomic mass is 9.94. The standard InChI is InChI=1S/C15H21NO/c1-2-4-15(17)14-7-6-12-5-3-9-16-10-8-13(12)11-14/h6-7,11,16H,2-5,8-10H2,1H3. The maximum Gasteiger partial charge on any atom is 0.162 e. The van der Waals surface area contributed by atoms with Crippen molar-refractivity contribution in [3.8, 4) is 0 Å². The van der Waals surface area contributed by atoms with E-state index in [1.54, 1.807) is 0 Å². The summed E-state index contributed by atoms with van der Waals surface area (Å²) in [5.41, 5.74) is 3.69. The quantitative estimate of drug-likeness (QED) is 0.810. The zero-order chi connectivity index (χ0) is 12.1. The number of fused-ring (bicyclic) bond motifs is 1. The largest absolute Gasteiger partial charge is 0.316 e. The number of aryl methyl sites for hydroxylation is 1. The first-order chi connectivity index (χ1) is 8.31. The van der Waals surface area contributed by atoms with Crippen molar-refractivity contribution < 1.29 is 4.79 Å². The Balaban J connectivity index is 2.21. The summed E-state index contributed by atoms with van der Waals surface area (Å²) in [5.74, 6) is 0.283. The van der Waals surface area contributed by atoms with Gasteiger partial charge in [0.1, 0.15) is 0 Å². The van der Waals surface area contributed by atoms with E-state index in [1.807, 2.05) is 6.07 Å². The molecular weight excluding hydrogens is 210 g/mol. The van der Waals surface area contributed by atoms with E-state index in [4.69, 9.17) is 0 Å². The van der Waals surface area contributed by atoms with Crippen molar-refractivity contribution >= 4 is 5.78 Å². The lowest BCUT2D eigenvalue weighted by Gasteiger charge is -2.15. The monoisotopic (exact) mass is 231 g/mol. The fourth-order valence-electron chi connectivity index (χ4n) is 2.40. The molecule has 0 atom stereocenters. The van der Waals surface area contributed by atoms with E-state index in [0.29, 0.717) is 6.42 Å². The summed E-state index contributed by atoms with van der Waals surface area (Å²) < 4.78 is 0. The van der Waals surface area contributed by atoms with Crippen LogP contribution in [0.1, 0.15) is 47.7 Å². The number of rotatable bonds is 3. The van der Waals surface area contributed by atoms with Crippen molar-refractivity contribution in [3.63, 3.8) is 0 Å². The molecule has 0 fully saturated rings. The Kier molecular flexibility index (Phi) is 4.32. The average molecular weight is 231 g/mol. The van der Waals surface area contributed by atoms with Crippen LogP contribution in [0.3, 0.4) is 0 Å². The van der Waals surface area contributed by atoms with Crippen LogP contribution in [0, 0.1) is 0 Å². The van der Waals surface area contributed by atoms with Gasteiger partial charge >= 0.3 is 0 Å². The van der Waals surface area contributed by atoms with Gasteiger partial charge in [0.15, 0.2) is 5.78 Å². The van der Waals surface area contributed by atoms with Crippen LogP contribution >= 0.6 is 0 Å². The Bertz CT molecular complexity index is 398. The molecular formula is C15H21NO. The van der Waals surface area contributed by atoms with E-state index < -0.39 is 0 Å². The van der Waals surface area contributed by atoms with Gasteiger partial charge in [0, 0.05) is 12.0 Å². The smallest absolute Gasteiger partial charge is 0.162 e. The van der Waals surface area contributed by atoms with Crippen molar-refractivity contribution in [2.24, 2.45) is 0 Å². The Labute approximate surface area is 103 Å². The molecule has 2 heteroatoms. The van der Waals surface area contributed by atoms with Crippen LogP contribution < -0.4 is 5.32 Å². The molecule has 0 unspecified atom stereocenters. The first kappa shape index (κ1) is 12.3. The fraction of sp³-hybridized carbons (Fsp3) is 0.533. The SMILES string of the molecule is CCCC(=O)c1ccc2c(c1)CCNCCC2. The maximum absolute atomic E-state index is 11.9. The second-order valence-electron chi connectivity index (χ2n) is 4.76. The molecule has 1 heterocycles. The predicted octanol–water partition coefficient (Wildman–Crippen LogP) is 2.75. The average Bonchev–Trinajstić information content (AvgIpc) is 2.30. The summed E-state index contributed by atoms with van der Waals surface area (Å²) in [6.45, 7) is 4.18. The van der Waals surface area contributed by atoms with Crippen molar-refractivity contribution in [1.29, 1.82) is 0 Å². The van der Waals surface area contributed by atoms with Gasteiger partial charge in [-0.2, -0.15) is 0 Å². The highest BCUT2D eigenvalue weighted by atomic mass is 16.1. The Morgan fingerprint density at radius 1 is 1.24 bits per heavy atom. The van der Waals surface area contributed by atoms with E-state index in [9.17, 15) is 4.79 Å². The molecule has 1 aromatic carbocycles. The normalized spacial score (nSPS) is 15.8. The zero-order valence-electron chi connectivity index (χ0n) is 10.6. The van der Waals surface area contributed by atoms with Gasteiger partial charge in [-0.25, -0.2) is 0 Å². The third kappa shape index (κ3) is 3.16. The Hall–Kier alpha value is -1.15. The molecule has 0 radical (unpaired) electrons. The number of ketones is 1. The molecule has 0 bridgehead atoms. The van der Waals surface area contributed by atoms with Crippen LogP contribution in [-0.2, 0) is 12.8 Å². The second kappa shape index (κ2) is 5.97. The number of hydrogen-bond donors (Lipinski definition) is 1. The first-order valence-electron chi connectivity index (χ1n) is 6.67. The molecule has 2 rings (SSSR count). The summed E-state index contributed by atoms with van der Waals surface area (Å²) in [6, 6.07) is 6.27. The van der Waals surface area contributed by atoms with E-state index in [-0.39, 0.29) is 5.78 Å². The molecule has 0 saturated carbocycles. The number of Topliss-reactive ketones (excluding diaryl/α,β-unsaturated/α-hetero) is 1. The Morgan fingerprint density at radius 3 is 2.94 bits per heavy atom. The highest BCUT2D eigenvalue weighted by molar-refractivity contribution is 5.96. The van der Waals surface area contributed by atoms with E-state index >= 15 is 0 Å². The van der Waals surface area contributed by atoms with Gasteiger partial charge in [-0.1, -0.05) is 19.1 Å². The number of benzene rings is 1. The maximum atomic E-state index is 11.9. The second-order valence-corrected chi connectivity index (χ2v) is 4.76. The van der Waals surface area contributed by atoms with Crippen molar-refractivity contribution in [3.05, 3.63) is 34.9 Å². The lowest BCUT2D eigenvalue weighted by Crippen LogP contribution is -2.22. The molecule has 92 valence electrons. The third-order valence-corrected chi connectivity index (χ3v) is 3.38. The van der Waals surface area contributed by atoms with E-state index in [0.717, 1.165) is 37.9 Å². The summed E-state index contributed by atoms with van der Waals surface area (Å²) in [7, 11) is 0. The van der Waals surface area contributed by atoms with Crippen LogP contribution in [0.2, 0.25) is 0 Å². The molecule has 0 amide bonds. The molecule has 17 heavy (non-hydrogen) atoms. The van der Waals surface area contributed by atoms with Crippen LogP contribution in [0.25, 0.3) is 0 Å². The molecule has 1 aliphatic rings. The molecule has 0 spiro atoms. The van der Waals surface area contributed by atoms with Gasteiger partial charge in [0.2, 0.25) is 0 Å². The van der Waals surface area contributed by atoms with Crippen LogP contribution in [0.4, 0.5) is 0 Å². The molecule has 0 aliphatic carbocycles. The summed E-state index contributed by atoms with van der Waals surface area (Å²) >= 11 is 0. The van der Waals surface area contributed by atoms with Crippen LogP contribution in [0.15, 0.2) is 18.2 Å². The van der Waals surface area contributed by atoms with Gasteiger partial charge in [0.25, 0.3) is 0 Å². The van der Waals surface area contributed by atoms with E-state index in [2.05, 4.69) is 24.4 Å². The molecule has 0 aromatic heterocycles. The minimum Gasteiger partial charge on any atom is -0.316 e.